The van der Waals surface area contributed by atoms with Gasteiger partial charge >= 0.3 is 12.0 Å². The van der Waals surface area contributed by atoms with Gasteiger partial charge in [0, 0.05) is 19.3 Å². The van der Waals surface area contributed by atoms with Crippen molar-refractivity contribution in [3.63, 3.8) is 0 Å². The van der Waals surface area contributed by atoms with Crippen molar-refractivity contribution < 1.29 is 14.7 Å². The number of urea groups is 1. The molecule has 35 heavy (non-hydrogen) atoms. The smallest absolute Gasteiger partial charge is 0.324 e. The standard InChI is InChI=1S/C27H33ClN4O3/c1-16-8-7-9-21(24(16)28)30-26(35)31-23(12-17(2)27(3,4)5)32(6)20-11-10-18-15-29-22(25(33)34)14-19(18)13-20/h7-13,22,29H,2,14-15H2,1,3-6H3,(H,33,34)(H2,30,31,35)/b23-12-/t22-/m0/s1. The van der Waals surface area contributed by atoms with E-state index in [1.54, 1.807) is 6.07 Å². The number of halogens is 1. The van der Waals surface area contributed by atoms with Crippen LogP contribution in [0, 0.1) is 12.3 Å². The molecular formula is C27H33ClN4O3. The third-order valence-electron chi connectivity index (χ3n) is 6.16. The predicted molar refractivity (Wildman–Crippen MR) is 142 cm³/mol. The topological polar surface area (TPSA) is 93.7 Å². The number of anilines is 2. The van der Waals surface area contributed by atoms with Gasteiger partial charge in [0.15, 0.2) is 0 Å². The zero-order valence-corrected chi connectivity index (χ0v) is 21.6. The normalized spacial score (nSPS) is 15.7. The van der Waals surface area contributed by atoms with E-state index in [0.29, 0.717) is 29.5 Å². The van der Waals surface area contributed by atoms with E-state index < -0.39 is 18.0 Å². The first-order chi connectivity index (χ1) is 16.4. The van der Waals surface area contributed by atoms with Crippen LogP contribution in [0.2, 0.25) is 5.02 Å². The number of benzene rings is 2. The molecule has 0 bridgehead atoms. The van der Waals surface area contributed by atoms with Crippen molar-refractivity contribution >= 4 is 35.0 Å². The highest BCUT2D eigenvalue weighted by Gasteiger charge is 2.25. The van der Waals surface area contributed by atoms with Crippen molar-refractivity contribution in [1.82, 2.24) is 10.6 Å². The van der Waals surface area contributed by atoms with Gasteiger partial charge in [0.1, 0.15) is 11.9 Å². The summed E-state index contributed by atoms with van der Waals surface area (Å²) in [6, 6.07) is 10.3. The molecule has 0 radical (unpaired) electrons. The van der Waals surface area contributed by atoms with Crippen LogP contribution in [0.1, 0.15) is 37.5 Å². The van der Waals surface area contributed by atoms with Crippen LogP contribution < -0.4 is 20.9 Å². The monoisotopic (exact) mass is 496 g/mol. The average Bonchev–Trinajstić information content (AvgIpc) is 2.79. The Kier molecular flexibility index (Phi) is 7.93. The number of fused-ring (bicyclic) bond motifs is 1. The van der Waals surface area contributed by atoms with Gasteiger partial charge in [0.05, 0.1) is 10.7 Å². The molecule has 1 atom stereocenters. The van der Waals surface area contributed by atoms with Gasteiger partial charge in [-0.05, 0) is 65.3 Å². The van der Waals surface area contributed by atoms with Crippen molar-refractivity contribution in [1.29, 1.82) is 0 Å². The first-order valence-electron chi connectivity index (χ1n) is 11.4. The molecule has 3 rings (SSSR count). The first kappa shape index (κ1) is 26.3. The molecule has 7 nitrogen and oxygen atoms in total. The molecule has 2 aromatic carbocycles. The van der Waals surface area contributed by atoms with Crippen molar-refractivity contribution in [3.05, 3.63) is 82.2 Å². The maximum absolute atomic E-state index is 13.0. The lowest BCUT2D eigenvalue weighted by atomic mass is 9.87. The number of hydrogen-bond acceptors (Lipinski definition) is 4. The zero-order valence-electron chi connectivity index (χ0n) is 20.8. The second-order valence-corrected chi connectivity index (χ2v) is 10.2. The first-order valence-corrected chi connectivity index (χ1v) is 11.8. The predicted octanol–water partition coefficient (Wildman–Crippen LogP) is 5.45. The number of nitrogens with zero attached hydrogens (tertiary/aromatic N) is 1. The molecule has 0 aliphatic carbocycles. The van der Waals surface area contributed by atoms with Gasteiger partial charge in [-0.15, -0.1) is 0 Å². The molecule has 2 amide bonds. The Morgan fingerprint density at radius 3 is 2.60 bits per heavy atom. The van der Waals surface area contributed by atoms with Crippen LogP contribution in [0.5, 0.6) is 0 Å². The lowest BCUT2D eigenvalue weighted by Gasteiger charge is -2.29. The summed E-state index contributed by atoms with van der Waals surface area (Å²) in [7, 11) is 1.85. The van der Waals surface area contributed by atoms with E-state index in [-0.39, 0.29) is 5.41 Å². The molecule has 0 saturated heterocycles. The number of aryl methyl sites for hydroxylation is 1. The molecule has 0 saturated carbocycles. The van der Waals surface area contributed by atoms with Gasteiger partial charge < -0.3 is 20.6 Å². The van der Waals surface area contributed by atoms with E-state index >= 15 is 0 Å². The van der Waals surface area contributed by atoms with Gasteiger partial charge in [-0.2, -0.15) is 0 Å². The molecule has 1 aliphatic heterocycles. The van der Waals surface area contributed by atoms with Crippen LogP contribution >= 0.6 is 11.6 Å². The van der Waals surface area contributed by atoms with Crippen LogP contribution in [0.15, 0.2) is 60.4 Å². The fraction of sp³-hybridized carbons (Fsp3) is 0.333. The Bertz CT molecular complexity index is 1180. The number of aliphatic carboxylic acids is 1. The Labute approximate surface area is 211 Å². The molecule has 2 aromatic rings. The van der Waals surface area contributed by atoms with E-state index in [2.05, 4.69) is 22.5 Å². The number of carboxylic acids is 1. The Morgan fingerprint density at radius 1 is 1.23 bits per heavy atom. The molecular weight excluding hydrogens is 464 g/mol. The third kappa shape index (κ3) is 6.44. The number of carbonyl (C=O) groups is 2. The number of rotatable bonds is 6. The van der Waals surface area contributed by atoms with Gasteiger partial charge in [-0.3, -0.25) is 10.1 Å². The van der Waals surface area contributed by atoms with Crippen LogP contribution in [0.4, 0.5) is 16.2 Å². The second kappa shape index (κ2) is 10.5. The summed E-state index contributed by atoms with van der Waals surface area (Å²) in [4.78, 5) is 26.3. The summed E-state index contributed by atoms with van der Waals surface area (Å²) in [5, 5.41) is 18.7. The van der Waals surface area contributed by atoms with Crippen molar-refractivity contribution in [2.75, 3.05) is 17.3 Å². The molecule has 1 aliphatic rings. The lowest BCUT2D eigenvalue weighted by molar-refractivity contribution is -0.139. The van der Waals surface area contributed by atoms with E-state index in [9.17, 15) is 14.7 Å². The molecule has 1 heterocycles. The van der Waals surface area contributed by atoms with E-state index in [1.807, 2.05) is 76.1 Å². The zero-order chi connectivity index (χ0) is 25.9. The summed E-state index contributed by atoms with van der Waals surface area (Å²) in [5.41, 5.74) is 4.84. The maximum Gasteiger partial charge on any atom is 0.324 e. The van der Waals surface area contributed by atoms with Crippen LogP contribution in [-0.2, 0) is 17.8 Å². The number of allylic oxidation sites excluding steroid dienone is 2. The van der Waals surface area contributed by atoms with Gasteiger partial charge in [0.2, 0.25) is 0 Å². The summed E-state index contributed by atoms with van der Waals surface area (Å²) in [5.74, 6) is -0.348. The number of carboxylic acid groups (broad SMARTS) is 1. The number of nitrogens with one attached hydrogen (secondary N) is 3. The molecule has 0 fully saturated rings. The van der Waals surface area contributed by atoms with Crippen LogP contribution in [-0.4, -0.2) is 30.2 Å². The van der Waals surface area contributed by atoms with E-state index in [1.165, 1.54) is 0 Å². The summed E-state index contributed by atoms with van der Waals surface area (Å²) in [6.07, 6.45) is 2.23. The van der Waals surface area contributed by atoms with Crippen molar-refractivity contribution in [2.24, 2.45) is 5.41 Å². The molecule has 4 N–H and O–H groups in total. The Balaban J connectivity index is 1.90. The molecule has 0 spiro atoms. The number of hydrogen-bond donors (Lipinski definition) is 4. The highest BCUT2D eigenvalue weighted by atomic mass is 35.5. The minimum absolute atomic E-state index is 0.208. The Morgan fingerprint density at radius 2 is 1.94 bits per heavy atom. The quantitative estimate of drug-likeness (QED) is 0.399. The van der Waals surface area contributed by atoms with Crippen molar-refractivity contribution in [2.45, 2.75) is 46.7 Å². The van der Waals surface area contributed by atoms with Gasteiger partial charge in [-0.1, -0.05) is 57.2 Å². The van der Waals surface area contributed by atoms with Gasteiger partial charge in [-0.25, -0.2) is 4.79 Å². The second-order valence-electron chi connectivity index (χ2n) is 9.81. The Hall–Kier alpha value is -3.29. The highest BCUT2D eigenvalue weighted by molar-refractivity contribution is 6.34. The molecule has 8 heteroatoms. The third-order valence-corrected chi connectivity index (χ3v) is 6.66. The fourth-order valence-electron chi connectivity index (χ4n) is 3.63. The SMILES string of the molecule is C=C(/C=C(/NC(=O)Nc1cccc(C)c1Cl)N(C)c1ccc2c(c1)C[C@@H](C(=O)O)NC2)C(C)(C)C. The minimum atomic E-state index is -0.871. The molecule has 186 valence electrons. The maximum atomic E-state index is 13.0. The summed E-state index contributed by atoms with van der Waals surface area (Å²) >= 11 is 6.35. The summed E-state index contributed by atoms with van der Waals surface area (Å²) in [6.45, 7) is 12.7. The highest BCUT2D eigenvalue weighted by Crippen LogP contribution is 2.29. The van der Waals surface area contributed by atoms with Crippen LogP contribution in [0.3, 0.4) is 0 Å². The largest absolute Gasteiger partial charge is 0.480 e. The molecule has 0 unspecified atom stereocenters. The van der Waals surface area contributed by atoms with Crippen LogP contribution in [0.25, 0.3) is 0 Å². The summed E-state index contributed by atoms with van der Waals surface area (Å²) < 4.78 is 0. The van der Waals surface area contributed by atoms with Gasteiger partial charge in [0.25, 0.3) is 0 Å². The number of carbonyl (C=O) groups excluding carboxylic acids is 1. The van der Waals surface area contributed by atoms with E-state index in [0.717, 1.165) is 28.0 Å². The van der Waals surface area contributed by atoms with Crippen molar-refractivity contribution in [3.8, 4) is 0 Å². The lowest BCUT2D eigenvalue weighted by Crippen LogP contribution is -2.41. The average molecular weight is 497 g/mol. The van der Waals surface area contributed by atoms with E-state index in [4.69, 9.17) is 11.6 Å². The number of amides is 2. The molecule has 0 aromatic heterocycles. The minimum Gasteiger partial charge on any atom is -0.480 e. The fourth-order valence-corrected chi connectivity index (χ4v) is 3.81.